The predicted octanol–water partition coefficient (Wildman–Crippen LogP) is 2.96. The zero-order chi connectivity index (χ0) is 21.7. The maximum absolute atomic E-state index is 10.6. The van der Waals surface area contributed by atoms with E-state index < -0.39 is 18.0 Å². The summed E-state index contributed by atoms with van der Waals surface area (Å²) in [4.78, 5) is 27.2. The molecule has 0 amide bonds. The van der Waals surface area contributed by atoms with Crippen molar-refractivity contribution >= 4 is 33.7 Å². The van der Waals surface area contributed by atoms with E-state index in [9.17, 15) is 14.7 Å². The van der Waals surface area contributed by atoms with Crippen molar-refractivity contribution in [2.45, 2.75) is 18.9 Å². The van der Waals surface area contributed by atoms with Crippen molar-refractivity contribution in [3.05, 3.63) is 66.0 Å². The summed E-state index contributed by atoms with van der Waals surface area (Å²) >= 11 is 0. The Balaban J connectivity index is 0.000000171. The molecule has 1 atom stereocenters. The van der Waals surface area contributed by atoms with Crippen molar-refractivity contribution in [1.82, 2.24) is 9.97 Å². The lowest BCUT2D eigenvalue weighted by Crippen LogP contribution is -2.21. The van der Waals surface area contributed by atoms with E-state index >= 15 is 0 Å². The average molecular weight is 410 g/mol. The molecule has 0 bridgehead atoms. The van der Waals surface area contributed by atoms with Gasteiger partial charge in [-0.05, 0) is 35.4 Å². The molecule has 0 radical (unpaired) electrons. The van der Waals surface area contributed by atoms with Gasteiger partial charge >= 0.3 is 11.9 Å². The molecule has 4 rings (SSSR count). The van der Waals surface area contributed by atoms with Gasteiger partial charge in [0.2, 0.25) is 0 Å². The van der Waals surface area contributed by atoms with E-state index in [1.807, 2.05) is 42.5 Å². The first kappa shape index (κ1) is 20.9. The zero-order valence-electron chi connectivity index (χ0n) is 16.3. The summed E-state index contributed by atoms with van der Waals surface area (Å²) in [5.41, 5.74) is 3.47. The summed E-state index contributed by atoms with van der Waals surface area (Å²) in [5, 5.41) is 28.4. The van der Waals surface area contributed by atoms with Crippen LogP contribution in [0.3, 0.4) is 0 Å². The molecule has 0 saturated carbocycles. The molecule has 2 aromatic heterocycles. The van der Waals surface area contributed by atoms with E-state index in [0.717, 1.165) is 38.7 Å². The van der Waals surface area contributed by atoms with Crippen LogP contribution in [0.15, 0.2) is 54.9 Å². The number of benzene rings is 2. The quantitative estimate of drug-likeness (QED) is 0.332. The Morgan fingerprint density at radius 1 is 0.967 bits per heavy atom. The Labute approximate surface area is 171 Å². The first-order chi connectivity index (χ1) is 14.4. The van der Waals surface area contributed by atoms with Gasteiger partial charge in [-0.1, -0.05) is 18.2 Å². The van der Waals surface area contributed by atoms with Gasteiger partial charge in [-0.15, -0.1) is 0 Å². The third-order valence-corrected chi connectivity index (χ3v) is 4.69. The summed E-state index contributed by atoms with van der Waals surface area (Å²) in [6.07, 6.45) is 2.26. The number of rotatable bonds is 6. The lowest BCUT2D eigenvalue weighted by atomic mass is 10.1. The number of para-hydroxylation sites is 1. The van der Waals surface area contributed by atoms with Crippen molar-refractivity contribution in [3.63, 3.8) is 0 Å². The van der Waals surface area contributed by atoms with Gasteiger partial charge in [0.25, 0.3) is 0 Å². The van der Waals surface area contributed by atoms with Crippen LogP contribution in [-0.2, 0) is 22.4 Å². The molecule has 0 aliphatic carbocycles. The molecule has 8 heteroatoms. The Kier molecular flexibility index (Phi) is 6.38. The monoisotopic (exact) mass is 410 g/mol. The van der Waals surface area contributed by atoms with Gasteiger partial charge in [-0.3, -0.25) is 4.79 Å². The van der Waals surface area contributed by atoms with E-state index in [-0.39, 0.29) is 12.8 Å². The van der Waals surface area contributed by atoms with Crippen LogP contribution in [0.1, 0.15) is 11.1 Å². The van der Waals surface area contributed by atoms with Crippen molar-refractivity contribution in [3.8, 4) is 5.75 Å². The van der Waals surface area contributed by atoms with Crippen LogP contribution in [0.25, 0.3) is 21.8 Å². The molecule has 4 aromatic rings. The minimum Gasteiger partial charge on any atom is -0.497 e. The highest BCUT2D eigenvalue weighted by molar-refractivity contribution is 5.88. The molecule has 1 unspecified atom stereocenters. The summed E-state index contributed by atoms with van der Waals surface area (Å²) in [7, 11) is 1.59. The number of fused-ring (bicyclic) bond motifs is 2. The van der Waals surface area contributed by atoms with Crippen LogP contribution >= 0.6 is 0 Å². The number of aliphatic hydroxyl groups is 1. The lowest BCUT2D eigenvalue weighted by Gasteiger charge is -2.03. The number of aliphatic carboxylic acids is 2. The van der Waals surface area contributed by atoms with Gasteiger partial charge in [0.1, 0.15) is 5.75 Å². The Bertz CT molecular complexity index is 1180. The van der Waals surface area contributed by atoms with Crippen LogP contribution in [-0.4, -0.2) is 50.4 Å². The van der Waals surface area contributed by atoms with Crippen LogP contribution in [0.4, 0.5) is 0 Å². The van der Waals surface area contributed by atoms with Crippen LogP contribution in [0, 0.1) is 0 Å². The number of aliphatic hydroxyl groups excluding tert-OH is 1. The second-order valence-corrected chi connectivity index (χ2v) is 6.71. The average Bonchev–Trinajstić information content (AvgIpc) is 3.32. The number of H-pyrrole nitrogens is 2. The normalized spacial score (nSPS) is 11.7. The van der Waals surface area contributed by atoms with Crippen molar-refractivity contribution < 1.29 is 29.6 Å². The molecule has 0 saturated heterocycles. The number of hydrogen-bond donors (Lipinski definition) is 5. The number of carboxylic acid groups (broad SMARTS) is 2. The molecule has 0 aliphatic rings. The zero-order valence-corrected chi connectivity index (χ0v) is 16.3. The van der Waals surface area contributed by atoms with E-state index in [4.69, 9.17) is 14.9 Å². The highest BCUT2D eigenvalue weighted by Gasteiger charge is 2.15. The smallest absolute Gasteiger partial charge is 0.332 e. The Hall–Kier alpha value is -3.78. The Morgan fingerprint density at radius 2 is 1.63 bits per heavy atom. The topological polar surface area (TPSA) is 136 Å². The van der Waals surface area contributed by atoms with Crippen LogP contribution < -0.4 is 4.74 Å². The SMILES string of the molecule is COc1ccc2[nH]cc(CC(=O)O)c2c1.O=C(O)C(O)Cc1c[nH]c2ccccc12. The molecule has 8 nitrogen and oxygen atoms in total. The molecule has 30 heavy (non-hydrogen) atoms. The van der Waals surface area contributed by atoms with E-state index in [1.165, 1.54) is 0 Å². The third-order valence-electron chi connectivity index (χ3n) is 4.69. The standard InChI is InChI=1S/2C11H11NO3/c1-15-8-2-3-10-9(5-8)7(6-12-10)4-11(13)14;13-10(11(14)15)5-7-6-12-9-4-2-1-3-8(7)9/h2-3,5-6,12H,4H2,1H3,(H,13,14);1-4,6,10,12-13H,5H2,(H,14,15). The summed E-state index contributed by atoms with van der Waals surface area (Å²) in [6, 6.07) is 13.1. The third kappa shape index (κ3) is 4.79. The number of carbonyl (C=O) groups is 2. The van der Waals surface area contributed by atoms with Crippen LogP contribution in [0.2, 0.25) is 0 Å². The molecule has 0 spiro atoms. The van der Waals surface area contributed by atoms with Gasteiger partial charge < -0.3 is 30.0 Å². The highest BCUT2D eigenvalue weighted by atomic mass is 16.5. The first-order valence-corrected chi connectivity index (χ1v) is 9.20. The fraction of sp³-hybridized carbons (Fsp3) is 0.182. The molecule has 0 aliphatic heterocycles. The summed E-state index contributed by atoms with van der Waals surface area (Å²) in [6.45, 7) is 0. The number of carboxylic acids is 2. The lowest BCUT2D eigenvalue weighted by molar-refractivity contribution is -0.146. The largest absolute Gasteiger partial charge is 0.497 e. The molecule has 0 fully saturated rings. The number of hydrogen-bond acceptors (Lipinski definition) is 4. The van der Waals surface area contributed by atoms with E-state index in [2.05, 4.69) is 9.97 Å². The van der Waals surface area contributed by atoms with Gasteiger partial charge in [0.15, 0.2) is 6.10 Å². The molecule has 5 N–H and O–H groups in total. The van der Waals surface area contributed by atoms with Crippen molar-refractivity contribution in [1.29, 1.82) is 0 Å². The second-order valence-electron chi connectivity index (χ2n) is 6.71. The van der Waals surface area contributed by atoms with Crippen molar-refractivity contribution in [2.75, 3.05) is 7.11 Å². The molecule has 2 aromatic carbocycles. The van der Waals surface area contributed by atoms with Gasteiger partial charge in [0, 0.05) is 40.6 Å². The van der Waals surface area contributed by atoms with Gasteiger partial charge in [-0.2, -0.15) is 0 Å². The highest BCUT2D eigenvalue weighted by Crippen LogP contribution is 2.24. The number of methoxy groups -OCH3 is 1. The molecular weight excluding hydrogens is 388 g/mol. The predicted molar refractivity (Wildman–Crippen MR) is 112 cm³/mol. The van der Waals surface area contributed by atoms with Gasteiger partial charge in [-0.25, -0.2) is 4.79 Å². The minimum absolute atomic E-state index is 0.0210. The summed E-state index contributed by atoms with van der Waals surface area (Å²) in [5.74, 6) is -1.30. The van der Waals surface area contributed by atoms with Crippen molar-refractivity contribution in [2.24, 2.45) is 0 Å². The minimum atomic E-state index is -1.34. The fourth-order valence-corrected chi connectivity index (χ4v) is 3.19. The second kappa shape index (κ2) is 9.15. The van der Waals surface area contributed by atoms with E-state index in [1.54, 1.807) is 19.5 Å². The van der Waals surface area contributed by atoms with E-state index in [0.29, 0.717) is 0 Å². The Morgan fingerprint density at radius 3 is 2.30 bits per heavy atom. The number of ether oxygens (including phenoxy) is 1. The maximum Gasteiger partial charge on any atom is 0.332 e. The first-order valence-electron chi connectivity index (χ1n) is 9.20. The van der Waals surface area contributed by atoms with Crippen LogP contribution in [0.5, 0.6) is 5.75 Å². The number of aromatic amines is 2. The molecular formula is C22H22N2O6. The molecule has 2 heterocycles. The number of nitrogens with one attached hydrogen (secondary N) is 2. The number of aromatic nitrogens is 2. The maximum atomic E-state index is 10.6. The van der Waals surface area contributed by atoms with Gasteiger partial charge in [0.05, 0.1) is 13.5 Å². The molecule has 156 valence electrons. The summed E-state index contributed by atoms with van der Waals surface area (Å²) < 4.78 is 5.09. The fourth-order valence-electron chi connectivity index (χ4n) is 3.19.